The van der Waals surface area contributed by atoms with Crippen molar-refractivity contribution in [2.45, 2.75) is 238 Å². The number of aryl methyl sites for hydroxylation is 4. The van der Waals surface area contributed by atoms with Crippen LogP contribution in [0.15, 0.2) is 113 Å². The third kappa shape index (κ3) is 38.5. The molecule has 9 rings (SSSR count). The summed E-state index contributed by atoms with van der Waals surface area (Å²) in [4.78, 5) is 4.91. The highest BCUT2D eigenvalue weighted by atomic mass is 16.5. The first-order chi connectivity index (χ1) is 38.3. The lowest BCUT2D eigenvalue weighted by atomic mass is 10.1. The lowest BCUT2D eigenvalue weighted by molar-refractivity contribution is 0.0238. The Hall–Kier alpha value is -4.88. The quantitative estimate of drug-likeness (QED) is 0.126. The number of para-hydroxylation sites is 1. The summed E-state index contributed by atoms with van der Waals surface area (Å²) in [6, 6.07) is 23.5. The highest BCUT2D eigenvalue weighted by Gasteiger charge is 2.22. The summed E-state index contributed by atoms with van der Waals surface area (Å²) in [6.07, 6.45) is 16.5. The maximum atomic E-state index is 5.41. The second-order valence-electron chi connectivity index (χ2n) is 22.7. The molecule has 0 bridgehead atoms. The summed E-state index contributed by atoms with van der Waals surface area (Å²) >= 11 is 0. The van der Waals surface area contributed by atoms with Crippen LogP contribution in [0.1, 0.15) is 235 Å². The number of benzene rings is 1. The van der Waals surface area contributed by atoms with E-state index in [4.69, 9.17) is 23.0 Å². The zero-order chi connectivity index (χ0) is 62.0. The highest BCUT2D eigenvalue weighted by Crippen LogP contribution is 2.24. The fourth-order valence-corrected chi connectivity index (χ4v) is 7.74. The Kier molecular flexibility index (Phi) is 45.0. The molecule has 464 valence electrons. The van der Waals surface area contributed by atoms with Gasteiger partial charge in [0, 0.05) is 82.2 Å². The molecule has 2 saturated heterocycles. The molecule has 0 radical (unpaired) electrons. The molecule has 0 atom stereocenters. The number of likely N-dealkylation sites (tertiary alicyclic amines) is 1. The Morgan fingerprint density at radius 1 is 0.568 bits per heavy atom. The lowest BCUT2D eigenvalue weighted by Gasteiger charge is -2.34. The SMILES string of the molecule is CC.CC.CC(C)N1CCC1.CC(C)N1CCOCC1.CC(C)OC1CC1.CC(C)Oc1ccccc1.CC(C)c1cccn1C.CC(C)c1ccco1.CC(C)c1ccnn1C.CC(C)c1ccoc1.Cc1nn(C)cc1C(C)C. The van der Waals surface area contributed by atoms with Crippen molar-refractivity contribution in [2.24, 2.45) is 21.1 Å². The van der Waals surface area contributed by atoms with E-state index in [1.54, 1.807) is 18.8 Å². The summed E-state index contributed by atoms with van der Waals surface area (Å²) in [7, 11) is 6.00. The second-order valence-corrected chi connectivity index (χ2v) is 22.7. The number of morpholine rings is 1. The smallest absolute Gasteiger partial charge is 0.119 e. The Balaban J connectivity index is 0. The van der Waals surface area contributed by atoms with Gasteiger partial charge in [0.15, 0.2) is 0 Å². The number of hydrogen-bond donors (Lipinski definition) is 0. The number of nitrogens with zero attached hydrogens (tertiary/aromatic N) is 7. The molecule has 0 amide bonds. The lowest BCUT2D eigenvalue weighted by Crippen LogP contribution is -2.41. The molecule has 1 aromatic carbocycles. The number of furan rings is 2. The first-order valence-corrected chi connectivity index (χ1v) is 30.9. The van der Waals surface area contributed by atoms with Crippen molar-refractivity contribution >= 4 is 0 Å². The fourth-order valence-electron chi connectivity index (χ4n) is 7.74. The van der Waals surface area contributed by atoms with Crippen LogP contribution in [0.25, 0.3) is 0 Å². The Morgan fingerprint density at radius 3 is 1.37 bits per heavy atom. The molecule has 3 fully saturated rings. The minimum absolute atomic E-state index is 0.266. The third-order valence-corrected chi connectivity index (χ3v) is 12.5. The molecule has 5 aromatic heterocycles. The van der Waals surface area contributed by atoms with E-state index < -0.39 is 0 Å². The normalized spacial score (nSPS) is 13.5. The molecule has 2 aliphatic heterocycles. The largest absolute Gasteiger partial charge is 0.491 e. The molecule has 1 saturated carbocycles. The molecule has 0 unspecified atom stereocenters. The van der Waals surface area contributed by atoms with Gasteiger partial charge in [0.25, 0.3) is 0 Å². The topological polar surface area (TPSA) is 101 Å². The van der Waals surface area contributed by atoms with Crippen molar-refractivity contribution in [1.82, 2.24) is 33.9 Å². The average Bonchev–Trinajstić information content (AvgIpc) is 4.06. The monoisotopic (exact) mass is 1130 g/mol. The van der Waals surface area contributed by atoms with Gasteiger partial charge in [0.05, 0.1) is 56.0 Å². The van der Waals surface area contributed by atoms with Crippen LogP contribution >= 0.6 is 0 Å². The molecular formula is C69H123N7O5. The van der Waals surface area contributed by atoms with E-state index >= 15 is 0 Å². The second kappa shape index (κ2) is 46.6. The van der Waals surface area contributed by atoms with Crippen LogP contribution in [-0.2, 0) is 30.6 Å². The molecule has 0 N–H and O–H groups in total. The van der Waals surface area contributed by atoms with E-state index in [2.05, 4.69) is 174 Å². The predicted octanol–water partition coefficient (Wildman–Crippen LogP) is 18.3. The van der Waals surface area contributed by atoms with E-state index in [9.17, 15) is 0 Å². The van der Waals surface area contributed by atoms with Crippen molar-refractivity contribution in [1.29, 1.82) is 0 Å². The van der Waals surface area contributed by atoms with Crippen LogP contribution in [0.2, 0.25) is 0 Å². The fraction of sp³-hybridized carbons (Fsp3) is 0.652. The summed E-state index contributed by atoms with van der Waals surface area (Å²) in [5.41, 5.74) is 6.45. The molecular weight excluding hydrogens is 1010 g/mol. The van der Waals surface area contributed by atoms with Crippen LogP contribution < -0.4 is 4.74 Å². The molecule has 6 aromatic rings. The van der Waals surface area contributed by atoms with Crippen LogP contribution in [0, 0.1) is 6.92 Å². The van der Waals surface area contributed by atoms with Gasteiger partial charge in [-0.25, -0.2) is 0 Å². The zero-order valence-corrected chi connectivity index (χ0v) is 56.6. The Labute approximate surface area is 497 Å². The van der Waals surface area contributed by atoms with Crippen LogP contribution in [-0.4, -0.2) is 104 Å². The van der Waals surface area contributed by atoms with Gasteiger partial charge in [-0.3, -0.25) is 14.3 Å². The number of rotatable bonds is 11. The Morgan fingerprint density at radius 2 is 1.14 bits per heavy atom. The van der Waals surface area contributed by atoms with Crippen molar-refractivity contribution in [3.8, 4) is 5.75 Å². The standard InChI is InChI=1S/C9H12O.C8H14N2.C8H13N.C7H12N2.C7H15NO.2C7H10O.C6H13N.C6H12O.2C2H6/c1-8(2)10-9-6-4-3-5-7-9;1-6(2)8-5-10(4)9-7(8)3;1-7(2)8-5-4-6-9(8)3;1-6(2)7-4-5-8-9(7)3;1-7(2)8-3-5-9-6-4-8;1-6(2)7-3-4-8-5-7;1-6(2)7-4-3-5-8-7;1-6(2)7-4-3-5-7;1-5(2)7-6-3-4-6;2*1-2/h3-8H,1-2H3;5-6H,1-4H3;4-7H,1-3H3;4-6H,1-3H3;7H,3-6H2,1-2H3;2*3-6H,1-2H3;6H,3-5H2,1-2H3;5-6H,3-4H2,1-2H3;2*1-2H3. The molecule has 12 nitrogen and oxygen atoms in total. The summed E-state index contributed by atoms with van der Waals surface area (Å²) in [5.74, 6) is 4.93. The van der Waals surface area contributed by atoms with Crippen LogP contribution in [0.3, 0.4) is 0 Å². The van der Waals surface area contributed by atoms with Gasteiger partial charge in [0.2, 0.25) is 0 Å². The van der Waals surface area contributed by atoms with E-state index in [0.29, 0.717) is 47.8 Å². The van der Waals surface area contributed by atoms with Gasteiger partial charge in [0.1, 0.15) is 11.5 Å². The number of ether oxygens (including phenoxy) is 3. The van der Waals surface area contributed by atoms with Gasteiger partial charge in [-0.15, -0.1) is 0 Å². The van der Waals surface area contributed by atoms with Crippen molar-refractivity contribution in [2.75, 3.05) is 39.4 Å². The Bertz CT molecular complexity index is 2150. The minimum Gasteiger partial charge on any atom is -0.491 e. The summed E-state index contributed by atoms with van der Waals surface area (Å²) < 4.78 is 31.9. The maximum absolute atomic E-state index is 5.41. The zero-order valence-electron chi connectivity index (χ0n) is 56.6. The maximum Gasteiger partial charge on any atom is 0.119 e. The number of aromatic nitrogens is 5. The van der Waals surface area contributed by atoms with Crippen LogP contribution in [0.4, 0.5) is 0 Å². The first kappa shape index (κ1) is 78.2. The molecule has 0 spiro atoms. The van der Waals surface area contributed by atoms with Gasteiger partial charge >= 0.3 is 0 Å². The van der Waals surface area contributed by atoms with Crippen molar-refractivity contribution < 1.29 is 23.0 Å². The average molecular weight is 1130 g/mol. The molecule has 12 heteroatoms. The first-order valence-electron chi connectivity index (χ1n) is 30.9. The van der Waals surface area contributed by atoms with E-state index in [0.717, 1.165) is 49.5 Å². The molecule has 3 aliphatic rings. The molecule has 81 heavy (non-hydrogen) atoms. The summed E-state index contributed by atoms with van der Waals surface area (Å²) in [6.45, 7) is 55.5. The van der Waals surface area contributed by atoms with E-state index in [-0.39, 0.29) is 6.10 Å². The summed E-state index contributed by atoms with van der Waals surface area (Å²) in [5, 5.41) is 8.30. The van der Waals surface area contributed by atoms with Gasteiger partial charge in [-0.05, 0) is 178 Å². The van der Waals surface area contributed by atoms with Crippen molar-refractivity contribution in [3.63, 3.8) is 0 Å². The molecule has 7 heterocycles. The molecule has 1 aliphatic carbocycles. The number of hydrogen-bond acceptors (Lipinski definition) is 9. The van der Waals surface area contributed by atoms with Crippen molar-refractivity contribution in [3.05, 3.63) is 138 Å². The highest BCUT2D eigenvalue weighted by molar-refractivity contribution is 5.21. The van der Waals surface area contributed by atoms with E-state index in [1.165, 1.54) is 54.9 Å². The third-order valence-electron chi connectivity index (χ3n) is 12.5. The van der Waals surface area contributed by atoms with E-state index in [1.807, 2.05) is 126 Å². The predicted molar refractivity (Wildman–Crippen MR) is 347 cm³/mol. The van der Waals surface area contributed by atoms with Gasteiger partial charge < -0.3 is 32.5 Å². The van der Waals surface area contributed by atoms with Gasteiger partial charge in [-0.2, -0.15) is 10.2 Å². The van der Waals surface area contributed by atoms with Gasteiger partial charge in [-0.1, -0.05) is 115 Å². The van der Waals surface area contributed by atoms with Crippen LogP contribution in [0.5, 0.6) is 5.75 Å². The minimum atomic E-state index is 0.266.